The molecule has 0 radical (unpaired) electrons. The van der Waals surface area contributed by atoms with Gasteiger partial charge >= 0.3 is 5.97 Å². The maximum atomic E-state index is 12.6. The van der Waals surface area contributed by atoms with Crippen LogP contribution in [0.3, 0.4) is 0 Å². The van der Waals surface area contributed by atoms with Crippen LogP contribution in [-0.4, -0.2) is 18.5 Å². The lowest BCUT2D eigenvalue weighted by atomic mass is 9.95. The molecule has 1 aliphatic rings. The molecule has 0 saturated heterocycles. The van der Waals surface area contributed by atoms with E-state index in [1.807, 2.05) is 18.2 Å². The molecule has 1 aromatic heterocycles. The highest BCUT2D eigenvalue weighted by atomic mass is 127. The minimum absolute atomic E-state index is 0.197. The van der Waals surface area contributed by atoms with E-state index in [0.717, 1.165) is 34.8 Å². The van der Waals surface area contributed by atoms with Crippen molar-refractivity contribution in [2.45, 2.75) is 32.6 Å². The zero-order valence-electron chi connectivity index (χ0n) is 13.4. The quantitative estimate of drug-likeness (QED) is 0.539. The van der Waals surface area contributed by atoms with Crippen molar-refractivity contribution in [3.05, 3.63) is 49.4 Å². The predicted octanol–water partition coefficient (Wildman–Crippen LogP) is 4.66. The van der Waals surface area contributed by atoms with Crippen LogP contribution in [0.4, 0.5) is 5.00 Å². The molecule has 0 atom stereocenters. The van der Waals surface area contributed by atoms with Crippen molar-refractivity contribution < 1.29 is 14.3 Å². The van der Waals surface area contributed by atoms with Crippen LogP contribution in [0, 0.1) is 3.57 Å². The van der Waals surface area contributed by atoms with Gasteiger partial charge in [0.2, 0.25) is 0 Å². The van der Waals surface area contributed by atoms with E-state index in [2.05, 4.69) is 27.9 Å². The Morgan fingerprint density at radius 1 is 1.29 bits per heavy atom. The number of hydrogen-bond acceptors (Lipinski definition) is 4. The molecule has 1 N–H and O–H groups in total. The van der Waals surface area contributed by atoms with Crippen LogP contribution in [0.5, 0.6) is 0 Å². The number of rotatable bonds is 4. The lowest BCUT2D eigenvalue weighted by molar-refractivity contribution is 0.0526. The summed E-state index contributed by atoms with van der Waals surface area (Å²) < 4.78 is 6.21. The summed E-state index contributed by atoms with van der Waals surface area (Å²) in [5.74, 6) is -0.535. The van der Waals surface area contributed by atoms with Gasteiger partial charge in [-0.1, -0.05) is 6.07 Å². The fourth-order valence-electron chi connectivity index (χ4n) is 2.88. The van der Waals surface area contributed by atoms with Crippen LogP contribution in [0.25, 0.3) is 0 Å². The van der Waals surface area contributed by atoms with Gasteiger partial charge in [-0.2, -0.15) is 0 Å². The SMILES string of the molecule is CCOC(=O)c1c(NC(=O)c2cccc(I)c2)sc2c1CCCC2. The molecule has 0 aliphatic heterocycles. The van der Waals surface area contributed by atoms with Crippen molar-refractivity contribution in [1.29, 1.82) is 0 Å². The van der Waals surface area contributed by atoms with E-state index in [9.17, 15) is 9.59 Å². The monoisotopic (exact) mass is 455 g/mol. The number of amides is 1. The van der Waals surface area contributed by atoms with Crippen LogP contribution in [0.15, 0.2) is 24.3 Å². The first-order chi connectivity index (χ1) is 11.6. The number of hydrogen-bond donors (Lipinski definition) is 1. The second-order valence-electron chi connectivity index (χ2n) is 5.60. The van der Waals surface area contributed by atoms with Crippen molar-refractivity contribution >= 4 is 50.8 Å². The fraction of sp³-hybridized carbons (Fsp3) is 0.333. The normalized spacial score (nSPS) is 13.2. The first-order valence-electron chi connectivity index (χ1n) is 7.98. The van der Waals surface area contributed by atoms with E-state index in [0.29, 0.717) is 22.7 Å². The van der Waals surface area contributed by atoms with Gasteiger partial charge in [0.15, 0.2) is 0 Å². The molecule has 0 bridgehead atoms. The largest absolute Gasteiger partial charge is 0.462 e. The second-order valence-corrected chi connectivity index (χ2v) is 7.95. The number of anilines is 1. The number of esters is 1. The number of carbonyl (C=O) groups excluding carboxylic acids is 2. The molecule has 0 saturated carbocycles. The Morgan fingerprint density at radius 3 is 2.83 bits per heavy atom. The Balaban J connectivity index is 1.93. The van der Waals surface area contributed by atoms with Crippen LogP contribution in [0.1, 0.15) is 50.9 Å². The summed E-state index contributed by atoms with van der Waals surface area (Å²) in [6, 6.07) is 7.39. The molecular formula is C18H18INO3S. The smallest absolute Gasteiger partial charge is 0.341 e. The van der Waals surface area contributed by atoms with Gasteiger partial charge < -0.3 is 10.1 Å². The first kappa shape index (κ1) is 17.4. The van der Waals surface area contributed by atoms with Gasteiger partial charge in [-0.05, 0) is 79.0 Å². The van der Waals surface area contributed by atoms with Crippen LogP contribution < -0.4 is 5.32 Å². The molecule has 126 valence electrons. The third kappa shape index (κ3) is 3.64. The highest BCUT2D eigenvalue weighted by molar-refractivity contribution is 14.1. The van der Waals surface area contributed by atoms with E-state index < -0.39 is 0 Å². The highest BCUT2D eigenvalue weighted by Gasteiger charge is 2.27. The molecule has 2 aromatic rings. The minimum Gasteiger partial charge on any atom is -0.462 e. The summed E-state index contributed by atoms with van der Waals surface area (Å²) in [5.41, 5.74) is 2.20. The Morgan fingerprint density at radius 2 is 2.08 bits per heavy atom. The fourth-order valence-corrected chi connectivity index (χ4v) is 4.69. The van der Waals surface area contributed by atoms with E-state index >= 15 is 0 Å². The molecule has 1 heterocycles. The Bertz CT molecular complexity index is 785. The van der Waals surface area contributed by atoms with Gasteiger partial charge in [-0.3, -0.25) is 4.79 Å². The summed E-state index contributed by atoms with van der Waals surface area (Å²) in [7, 11) is 0. The van der Waals surface area contributed by atoms with E-state index in [1.165, 1.54) is 16.2 Å². The van der Waals surface area contributed by atoms with E-state index in [1.54, 1.807) is 13.0 Å². The standard InChI is InChI=1S/C18H18INO3S/c1-2-23-18(22)15-13-8-3-4-9-14(13)24-17(15)20-16(21)11-6-5-7-12(19)10-11/h5-7,10H,2-4,8-9H2,1H3,(H,20,21). The molecule has 0 spiro atoms. The number of thiophene rings is 1. The number of fused-ring (bicyclic) bond motifs is 1. The Kier molecular flexibility index (Phi) is 5.55. The van der Waals surface area contributed by atoms with Gasteiger partial charge in [0.25, 0.3) is 5.91 Å². The zero-order chi connectivity index (χ0) is 17.1. The lowest BCUT2D eigenvalue weighted by Crippen LogP contribution is -2.15. The summed E-state index contributed by atoms with van der Waals surface area (Å²) in [4.78, 5) is 26.2. The Hall–Kier alpha value is -1.41. The molecule has 6 heteroatoms. The van der Waals surface area contributed by atoms with Gasteiger partial charge in [-0.25, -0.2) is 4.79 Å². The number of benzene rings is 1. The summed E-state index contributed by atoms with van der Waals surface area (Å²) >= 11 is 3.68. The van der Waals surface area contributed by atoms with Gasteiger partial charge in [0, 0.05) is 14.0 Å². The number of nitrogens with one attached hydrogen (secondary N) is 1. The lowest BCUT2D eigenvalue weighted by Gasteiger charge is -2.12. The van der Waals surface area contributed by atoms with E-state index in [-0.39, 0.29) is 11.9 Å². The molecular weight excluding hydrogens is 437 g/mol. The zero-order valence-corrected chi connectivity index (χ0v) is 16.3. The number of carbonyl (C=O) groups is 2. The molecule has 0 fully saturated rings. The molecule has 0 unspecified atom stereocenters. The van der Waals surface area contributed by atoms with Gasteiger partial charge in [0.1, 0.15) is 5.00 Å². The summed E-state index contributed by atoms with van der Waals surface area (Å²) in [6.45, 7) is 2.12. The average Bonchev–Trinajstić information content (AvgIpc) is 2.93. The molecule has 3 rings (SSSR count). The first-order valence-corrected chi connectivity index (χ1v) is 9.88. The molecule has 1 amide bonds. The third-order valence-electron chi connectivity index (χ3n) is 3.96. The molecule has 1 aliphatic carbocycles. The third-order valence-corrected chi connectivity index (χ3v) is 5.84. The van der Waals surface area contributed by atoms with Crippen molar-refractivity contribution in [3.8, 4) is 0 Å². The Labute approximate surface area is 158 Å². The minimum atomic E-state index is -0.338. The number of ether oxygens (including phenoxy) is 1. The average molecular weight is 455 g/mol. The van der Waals surface area contributed by atoms with Crippen molar-refractivity contribution in [2.24, 2.45) is 0 Å². The van der Waals surface area contributed by atoms with Crippen molar-refractivity contribution in [3.63, 3.8) is 0 Å². The van der Waals surface area contributed by atoms with Gasteiger partial charge in [0.05, 0.1) is 12.2 Å². The number of aryl methyl sites for hydroxylation is 1. The van der Waals surface area contributed by atoms with E-state index in [4.69, 9.17) is 4.74 Å². The van der Waals surface area contributed by atoms with Gasteiger partial charge in [-0.15, -0.1) is 11.3 Å². The number of halogens is 1. The maximum Gasteiger partial charge on any atom is 0.341 e. The second kappa shape index (κ2) is 7.65. The topological polar surface area (TPSA) is 55.4 Å². The van der Waals surface area contributed by atoms with Crippen LogP contribution >= 0.6 is 33.9 Å². The molecule has 1 aromatic carbocycles. The highest BCUT2D eigenvalue weighted by Crippen LogP contribution is 2.38. The van der Waals surface area contributed by atoms with Crippen LogP contribution in [-0.2, 0) is 17.6 Å². The van der Waals surface area contributed by atoms with Crippen molar-refractivity contribution in [1.82, 2.24) is 0 Å². The molecule has 4 nitrogen and oxygen atoms in total. The van der Waals surface area contributed by atoms with Crippen LogP contribution in [0.2, 0.25) is 0 Å². The molecule has 24 heavy (non-hydrogen) atoms. The van der Waals surface area contributed by atoms with Crippen molar-refractivity contribution in [2.75, 3.05) is 11.9 Å². The maximum absolute atomic E-state index is 12.6. The predicted molar refractivity (Wildman–Crippen MR) is 104 cm³/mol. The summed E-state index contributed by atoms with van der Waals surface area (Å²) in [5, 5.41) is 3.54. The summed E-state index contributed by atoms with van der Waals surface area (Å²) in [6.07, 6.45) is 4.03.